The van der Waals surface area contributed by atoms with Gasteiger partial charge in [0.2, 0.25) is 0 Å². The van der Waals surface area contributed by atoms with Gasteiger partial charge in [-0.15, -0.1) is 0 Å². The molecule has 8 bridgehead atoms. The molecule has 3 aliphatic rings. The Morgan fingerprint density at radius 3 is 2.35 bits per heavy atom. The average Bonchev–Trinajstić information content (AvgIpc) is 3.38. The van der Waals surface area contributed by atoms with Gasteiger partial charge in [0.1, 0.15) is 0 Å². The third-order valence-electron chi connectivity index (χ3n) is 5.16. The number of H-pyrrole nitrogens is 2. The second-order valence-corrected chi connectivity index (χ2v) is 7.00. The van der Waals surface area contributed by atoms with Crippen LogP contribution in [0.25, 0.3) is 40.3 Å². The highest BCUT2D eigenvalue weighted by atomic mass is 14.8. The number of allylic oxidation sites excluding steroid dienone is 1. The number of fused-ring (bicyclic) bond motifs is 8. The van der Waals surface area contributed by atoms with Crippen LogP contribution < -0.4 is 0 Å². The largest absolute Gasteiger partial charge is 0.355 e. The molecule has 124 valence electrons. The quantitative estimate of drug-likeness (QED) is 0.483. The maximum Gasteiger partial charge on any atom is 0.0658 e. The van der Waals surface area contributed by atoms with Gasteiger partial charge >= 0.3 is 0 Å². The molecule has 3 aromatic heterocycles. The fourth-order valence-electron chi connectivity index (χ4n) is 3.95. The van der Waals surface area contributed by atoms with Crippen molar-refractivity contribution in [2.45, 2.75) is 12.3 Å². The van der Waals surface area contributed by atoms with E-state index in [1.54, 1.807) is 0 Å². The summed E-state index contributed by atoms with van der Waals surface area (Å²) < 4.78 is 0. The first-order valence-electron chi connectivity index (χ1n) is 8.86. The van der Waals surface area contributed by atoms with Gasteiger partial charge in [-0.3, -0.25) is 4.98 Å². The van der Waals surface area contributed by atoms with E-state index in [2.05, 4.69) is 69.6 Å². The summed E-state index contributed by atoms with van der Waals surface area (Å²) in [6.07, 6.45) is 9.50. The zero-order chi connectivity index (χ0) is 17.1. The van der Waals surface area contributed by atoms with Crippen LogP contribution in [0.3, 0.4) is 0 Å². The molecule has 2 N–H and O–H groups in total. The van der Waals surface area contributed by atoms with Crippen LogP contribution >= 0.6 is 0 Å². The van der Waals surface area contributed by atoms with Crippen LogP contribution in [0.2, 0.25) is 0 Å². The molecule has 0 radical (unpaired) electrons. The minimum absolute atomic E-state index is 0.391. The minimum Gasteiger partial charge on any atom is -0.355 e. The number of nitrogens with zero attached hydrogens (tertiary/aromatic N) is 2. The van der Waals surface area contributed by atoms with Crippen LogP contribution in [0.15, 0.2) is 48.5 Å². The zero-order valence-electron chi connectivity index (χ0n) is 14.0. The number of rotatable bonds is 0. The topological polar surface area (TPSA) is 57.4 Å². The van der Waals surface area contributed by atoms with Crippen molar-refractivity contribution in [2.24, 2.45) is 0 Å². The Morgan fingerprint density at radius 1 is 0.769 bits per heavy atom. The molecular weight excluding hydrogens is 320 g/mol. The molecule has 4 heteroatoms. The van der Waals surface area contributed by atoms with Gasteiger partial charge < -0.3 is 9.97 Å². The van der Waals surface area contributed by atoms with Crippen molar-refractivity contribution in [3.05, 3.63) is 76.9 Å². The van der Waals surface area contributed by atoms with Crippen molar-refractivity contribution < 1.29 is 0 Å². The Bertz CT molecular complexity index is 1270. The summed E-state index contributed by atoms with van der Waals surface area (Å²) in [5, 5.41) is 0. The van der Waals surface area contributed by atoms with E-state index in [4.69, 9.17) is 4.98 Å². The first-order valence-corrected chi connectivity index (χ1v) is 8.86. The fourth-order valence-corrected chi connectivity index (χ4v) is 3.95. The lowest BCUT2D eigenvalue weighted by Crippen LogP contribution is -1.87. The third-order valence-corrected chi connectivity index (χ3v) is 5.16. The molecule has 0 amide bonds. The summed E-state index contributed by atoms with van der Waals surface area (Å²) in [6.45, 7) is 0. The number of hydrogen-bond donors (Lipinski definition) is 2. The molecule has 5 heterocycles. The Labute approximate surface area is 150 Å². The summed E-state index contributed by atoms with van der Waals surface area (Å²) in [5.41, 5.74) is 9.69. The van der Waals surface area contributed by atoms with E-state index < -0.39 is 0 Å². The molecule has 0 fully saturated rings. The molecular formula is C22H16N4. The van der Waals surface area contributed by atoms with Crippen LogP contribution in [0.4, 0.5) is 0 Å². The first-order chi connectivity index (χ1) is 12.8. The van der Waals surface area contributed by atoms with Crippen molar-refractivity contribution in [1.82, 2.24) is 19.9 Å². The van der Waals surface area contributed by atoms with E-state index in [1.807, 2.05) is 12.2 Å². The van der Waals surface area contributed by atoms with Gasteiger partial charge in [0.15, 0.2) is 0 Å². The molecule has 1 unspecified atom stereocenters. The van der Waals surface area contributed by atoms with Crippen LogP contribution in [0, 0.1) is 0 Å². The summed E-state index contributed by atoms with van der Waals surface area (Å²) in [6, 6.07) is 14.7. The van der Waals surface area contributed by atoms with E-state index in [-0.39, 0.29) is 0 Å². The summed E-state index contributed by atoms with van der Waals surface area (Å²) >= 11 is 0. The molecule has 0 aromatic carbocycles. The third kappa shape index (κ3) is 2.15. The predicted octanol–water partition coefficient (Wildman–Crippen LogP) is 4.84. The van der Waals surface area contributed by atoms with E-state index in [9.17, 15) is 0 Å². The Morgan fingerprint density at radius 2 is 1.50 bits per heavy atom. The molecule has 2 aliphatic heterocycles. The van der Waals surface area contributed by atoms with Gasteiger partial charge in [0.05, 0.1) is 17.1 Å². The molecule has 0 saturated carbocycles. The van der Waals surface area contributed by atoms with E-state index in [0.29, 0.717) is 5.92 Å². The number of aromatic amines is 2. The second-order valence-electron chi connectivity index (χ2n) is 7.00. The zero-order valence-corrected chi connectivity index (χ0v) is 14.0. The number of nitrogens with one attached hydrogen (secondary N) is 2. The molecule has 1 aliphatic carbocycles. The Kier molecular flexibility index (Phi) is 2.69. The molecule has 0 saturated heterocycles. The van der Waals surface area contributed by atoms with E-state index in [1.165, 1.54) is 11.3 Å². The lowest BCUT2D eigenvalue weighted by molar-refractivity contribution is 0.899. The monoisotopic (exact) mass is 336 g/mol. The standard InChI is InChI=1S/C22H16N4/c1-7-20-21-8-6-18(25-21)11-16-3-2-14(23-16)10-15-4-5-17(24-15)12-19-9-13(1)22(20)26-19/h1-8,10-13,24-25H,9H2. The van der Waals surface area contributed by atoms with Crippen molar-refractivity contribution >= 4 is 40.3 Å². The SMILES string of the molecule is C1=Cc2cc3ccc([nH]3)c3c4nc(cc5ccc(cc1n2)[nH]5)CC4C=C3. The normalized spacial score (nSPS) is 17.2. The van der Waals surface area contributed by atoms with Crippen molar-refractivity contribution in [3.63, 3.8) is 0 Å². The van der Waals surface area contributed by atoms with Crippen molar-refractivity contribution in [2.75, 3.05) is 0 Å². The summed E-state index contributed by atoms with van der Waals surface area (Å²) in [5.74, 6) is 0.391. The smallest absolute Gasteiger partial charge is 0.0658 e. The number of aromatic nitrogens is 4. The van der Waals surface area contributed by atoms with E-state index in [0.717, 1.165) is 45.6 Å². The average molecular weight is 336 g/mol. The molecule has 0 spiro atoms. The van der Waals surface area contributed by atoms with Crippen LogP contribution in [0.1, 0.15) is 34.3 Å². The van der Waals surface area contributed by atoms with E-state index >= 15 is 0 Å². The summed E-state index contributed by atoms with van der Waals surface area (Å²) in [4.78, 5) is 16.6. The van der Waals surface area contributed by atoms with Gasteiger partial charge in [0.25, 0.3) is 0 Å². The van der Waals surface area contributed by atoms with Gasteiger partial charge in [-0.1, -0.05) is 12.2 Å². The minimum atomic E-state index is 0.391. The Balaban J connectivity index is 1.72. The molecule has 1 atom stereocenters. The van der Waals surface area contributed by atoms with Gasteiger partial charge in [-0.2, -0.15) is 0 Å². The van der Waals surface area contributed by atoms with Crippen LogP contribution in [0.5, 0.6) is 0 Å². The highest BCUT2D eigenvalue weighted by Crippen LogP contribution is 2.35. The molecule has 26 heavy (non-hydrogen) atoms. The predicted molar refractivity (Wildman–Crippen MR) is 105 cm³/mol. The van der Waals surface area contributed by atoms with Crippen LogP contribution in [-0.2, 0) is 6.42 Å². The van der Waals surface area contributed by atoms with Crippen molar-refractivity contribution in [1.29, 1.82) is 0 Å². The Hall–Kier alpha value is -3.40. The second kappa shape index (κ2) is 5.05. The maximum atomic E-state index is 4.93. The fraction of sp³-hybridized carbons (Fsp3) is 0.0909. The van der Waals surface area contributed by atoms with Crippen LogP contribution in [-0.4, -0.2) is 19.9 Å². The lowest BCUT2D eigenvalue weighted by atomic mass is 10.1. The molecule has 4 nitrogen and oxygen atoms in total. The van der Waals surface area contributed by atoms with Gasteiger partial charge in [0, 0.05) is 45.7 Å². The van der Waals surface area contributed by atoms with Crippen molar-refractivity contribution in [3.8, 4) is 0 Å². The number of hydrogen-bond acceptors (Lipinski definition) is 2. The highest BCUT2D eigenvalue weighted by molar-refractivity contribution is 5.79. The highest BCUT2D eigenvalue weighted by Gasteiger charge is 2.25. The van der Waals surface area contributed by atoms with Gasteiger partial charge in [-0.05, 0) is 54.6 Å². The first kappa shape index (κ1) is 13.8. The summed E-state index contributed by atoms with van der Waals surface area (Å²) in [7, 11) is 0. The molecule has 3 aromatic rings. The maximum absolute atomic E-state index is 4.93. The lowest BCUT2D eigenvalue weighted by Gasteiger charge is -1.96. The molecule has 6 rings (SSSR count). The van der Waals surface area contributed by atoms with Gasteiger partial charge in [-0.25, -0.2) is 4.98 Å².